The molecular formula is C77H66AlNO8Si6. The second-order valence-electron chi connectivity index (χ2n) is 22.2. The molecule has 14 rings (SSSR count). The van der Waals surface area contributed by atoms with Crippen molar-refractivity contribution in [1.29, 1.82) is 0 Å². The van der Waals surface area contributed by atoms with Gasteiger partial charge in [0.15, 0.2) is 21.0 Å². The lowest BCUT2D eigenvalue weighted by Gasteiger charge is -2.52. The van der Waals surface area contributed by atoms with Crippen LogP contribution in [0.4, 0.5) is 0 Å². The zero-order valence-electron chi connectivity index (χ0n) is 50.9. The third kappa shape index (κ3) is 13.2. The van der Waals surface area contributed by atoms with Crippen LogP contribution in [0.5, 0.6) is 0 Å². The average Bonchev–Trinajstić information content (AvgIpc) is 0.717. The second-order valence-corrected chi connectivity index (χ2v) is 43.2. The molecule has 1 saturated heterocycles. The number of aromatic amines is 1. The van der Waals surface area contributed by atoms with E-state index in [2.05, 4.69) is 102 Å². The van der Waals surface area contributed by atoms with Gasteiger partial charge < -0.3 is 31.7 Å². The Morgan fingerprint density at radius 1 is 0.258 bits per heavy atom. The van der Waals surface area contributed by atoms with E-state index in [9.17, 15) is 0 Å². The van der Waals surface area contributed by atoms with E-state index in [4.69, 9.17) is 26.9 Å². The minimum atomic E-state index is -4.59. The summed E-state index contributed by atoms with van der Waals surface area (Å²) in [4.78, 5) is 20.1. The molecular weight excluding hydrogens is 1260 g/mol. The molecule has 0 amide bonds. The zero-order chi connectivity index (χ0) is 63.1. The average molecular weight is 1330 g/mol. The van der Waals surface area contributed by atoms with Gasteiger partial charge in [-0.2, -0.15) is 0 Å². The third-order valence-electron chi connectivity index (χ3n) is 16.4. The van der Waals surface area contributed by atoms with E-state index in [0.717, 1.165) is 41.5 Å². The molecule has 454 valence electrons. The summed E-state index contributed by atoms with van der Waals surface area (Å²) in [5.74, 6) is 0. The molecule has 1 fully saturated rings. The standard InChI is InChI=1S/2C36H30O4Si3.C5H5N.Al/c2*37-41(31-19-7-1-8-20-31,32-21-9-2-10-22-32)39-43(35-27-15-5-16-28-35,36-29-17-6-18-30-36)40-42(38,33-23-11-3-12-24-33)34-25-13-4-14-26-34;1-2-4-6-5-3-1;/h2*1-30H;1-5H;/q2*-2;;+3/p+1. The quantitative estimate of drug-likeness (QED) is 0.0899. The van der Waals surface area contributed by atoms with Crippen LogP contribution in [-0.4, -0.2) is 66.5 Å². The van der Waals surface area contributed by atoms with E-state index in [0.29, 0.717) is 20.7 Å². The van der Waals surface area contributed by atoms with Crippen LogP contribution in [-0.2, 0) is 26.9 Å². The summed E-state index contributed by atoms with van der Waals surface area (Å²) in [5, 5.41) is 9.02. The molecule has 1 aromatic heterocycles. The third-order valence-corrected chi connectivity index (χ3v) is 45.0. The van der Waals surface area contributed by atoms with E-state index in [1.54, 1.807) is 0 Å². The van der Waals surface area contributed by atoms with Gasteiger partial charge in [0.1, 0.15) is 0 Å². The van der Waals surface area contributed by atoms with Crippen LogP contribution in [0.3, 0.4) is 0 Å². The Bertz CT molecular complexity index is 4030. The fraction of sp³-hybridized carbons (Fsp3) is 0. The molecule has 9 nitrogen and oxygen atoms in total. The van der Waals surface area contributed by atoms with Crippen molar-refractivity contribution in [1.82, 2.24) is 0 Å². The zero-order valence-corrected chi connectivity index (χ0v) is 58.0. The van der Waals surface area contributed by atoms with Gasteiger partial charge in [-0.05, 0) is 62.2 Å². The van der Waals surface area contributed by atoms with Crippen LogP contribution in [0.2, 0.25) is 0 Å². The second kappa shape index (κ2) is 29.1. The molecule has 0 saturated carbocycles. The van der Waals surface area contributed by atoms with Crippen molar-refractivity contribution in [3.8, 4) is 0 Å². The van der Waals surface area contributed by atoms with Crippen molar-refractivity contribution >= 4 is 129 Å². The van der Waals surface area contributed by atoms with E-state index in [1.807, 2.05) is 298 Å². The number of H-pyrrole nitrogens is 1. The topological polar surface area (TPSA) is 102 Å². The molecule has 0 aliphatic carbocycles. The van der Waals surface area contributed by atoms with Crippen LogP contribution >= 0.6 is 0 Å². The van der Waals surface area contributed by atoms with Crippen LogP contribution < -0.4 is 72.0 Å². The molecule has 1 aliphatic heterocycles. The Labute approximate surface area is 555 Å². The predicted octanol–water partition coefficient (Wildman–Crippen LogP) is 6.50. The maximum Gasteiger partial charge on any atom is 0.877 e. The maximum atomic E-state index is 17.2. The number of aromatic nitrogens is 1. The lowest BCUT2D eigenvalue weighted by Crippen LogP contribution is -2.85. The molecule has 2 heterocycles. The van der Waals surface area contributed by atoms with Crippen molar-refractivity contribution in [3.63, 3.8) is 0 Å². The first-order valence-electron chi connectivity index (χ1n) is 31.0. The lowest BCUT2D eigenvalue weighted by atomic mass is 10.4. The fourth-order valence-electron chi connectivity index (χ4n) is 12.0. The molecule has 12 aromatic carbocycles. The van der Waals surface area contributed by atoms with Crippen molar-refractivity contribution in [2.45, 2.75) is 0 Å². The summed E-state index contributed by atoms with van der Waals surface area (Å²) in [7, 11) is -26.5. The summed E-state index contributed by atoms with van der Waals surface area (Å²) in [6, 6.07) is 127. The van der Waals surface area contributed by atoms with E-state index in [-0.39, 0.29) is 0 Å². The van der Waals surface area contributed by atoms with Gasteiger partial charge in [0.25, 0.3) is 0 Å². The Balaban J connectivity index is 0.00000124. The molecule has 0 radical (unpaired) electrons. The predicted molar refractivity (Wildman–Crippen MR) is 384 cm³/mol. The molecule has 1 aliphatic rings. The summed E-state index contributed by atoms with van der Waals surface area (Å²) >= 11 is -4.06. The van der Waals surface area contributed by atoms with Crippen LogP contribution in [0, 0.1) is 0 Å². The number of pyridine rings is 1. The normalized spacial score (nSPS) is 14.5. The summed E-state index contributed by atoms with van der Waals surface area (Å²) in [6.45, 7) is 0. The van der Waals surface area contributed by atoms with E-state index in [1.165, 1.54) is 0 Å². The van der Waals surface area contributed by atoms with Crippen LogP contribution in [0.1, 0.15) is 0 Å². The molecule has 0 atom stereocenters. The number of nitrogens with one attached hydrogen (secondary N) is 1. The molecule has 0 spiro atoms. The van der Waals surface area contributed by atoms with Crippen molar-refractivity contribution in [2.75, 3.05) is 0 Å². The van der Waals surface area contributed by atoms with Crippen LogP contribution in [0.25, 0.3) is 0 Å². The minimum Gasteiger partial charge on any atom is -0.832 e. The van der Waals surface area contributed by atoms with Gasteiger partial charge in [0, 0.05) is 12.1 Å². The van der Waals surface area contributed by atoms with E-state index < -0.39 is 66.5 Å². The van der Waals surface area contributed by atoms with Crippen molar-refractivity contribution < 1.29 is 36.7 Å². The SMILES string of the molecule is [O-][Si](O[Si](O[Si]([O][Al]1[O][Si](c2ccccc2)(c2ccccc2)O[Si](c2ccccc2)(c2ccccc2)O[Si](c2ccccc2)(c2ccccc2)[O]1)(c1ccccc1)c1ccccc1)(c1ccccc1)c1ccccc1)(c1ccccc1)c1ccccc1.c1cc[nH+]cc1. The van der Waals surface area contributed by atoms with Gasteiger partial charge in [0.05, 0.1) is 0 Å². The number of hydrogen-bond acceptors (Lipinski definition) is 8. The number of hydrogen-bond donors (Lipinski definition) is 0. The molecule has 0 bridgehead atoms. The monoisotopic (exact) mass is 1330 g/mol. The van der Waals surface area contributed by atoms with E-state index >= 15 is 4.80 Å². The highest BCUT2D eigenvalue weighted by molar-refractivity contribution is 7.13. The van der Waals surface area contributed by atoms with Crippen LogP contribution in [0.15, 0.2) is 395 Å². The summed E-state index contributed by atoms with van der Waals surface area (Å²) < 4.78 is 59.6. The molecule has 93 heavy (non-hydrogen) atoms. The largest absolute Gasteiger partial charge is 0.877 e. The highest BCUT2D eigenvalue weighted by atomic mass is 28.5. The van der Waals surface area contributed by atoms with Crippen molar-refractivity contribution in [3.05, 3.63) is 395 Å². The minimum absolute atomic E-state index is 0.541. The smallest absolute Gasteiger partial charge is 0.832 e. The first-order chi connectivity index (χ1) is 45.9. The number of benzene rings is 12. The fourth-order valence-corrected chi connectivity index (χ4v) is 46.9. The Hall–Kier alpha value is -8.70. The molecule has 13 aromatic rings. The number of rotatable bonds is 18. The highest BCUT2D eigenvalue weighted by Crippen LogP contribution is 2.32. The Morgan fingerprint density at radius 2 is 0.484 bits per heavy atom. The van der Waals surface area contributed by atoms with Gasteiger partial charge in [-0.25, -0.2) is 4.98 Å². The maximum absolute atomic E-state index is 17.2. The summed E-state index contributed by atoms with van der Waals surface area (Å²) in [5.41, 5.74) is 0. The first kappa shape index (κ1) is 63.1. The Morgan fingerprint density at radius 3 is 0.731 bits per heavy atom. The first-order valence-corrected chi connectivity index (χ1v) is 43.3. The van der Waals surface area contributed by atoms with Gasteiger partial charge in [-0.3, -0.25) is 0 Å². The molecule has 16 heteroatoms. The highest BCUT2D eigenvalue weighted by Gasteiger charge is 2.68. The van der Waals surface area contributed by atoms with Gasteiger partial charge >= 0.3 is 58.0 Å². The van der Waals surface area contributed by atoms with Gasteiger partial charge in [0.2, 0.25) is 0 Å². The van der Waals surface area contributed by atoms with Gasteiger partial charge in [-0.15, -0.1) is 0 Å². The van der Waals surface area contributed by atoms with Gasteiger partial charge in [-0.1, -0.05) is 370 Å². The van der Waals surface area contributed by atoms with Crippen molar-refractivity contribution in [2.24, 2.45) is 0 Å². The summed E-state index contributed by atoms with van der Waals surface area (Å²) in [6.07, 6.45) is 3.75. The Kier molecular flexibility index (Phi) is 19.7. The molecule has 0 unspecified atom stereocenters. The molecule has 1 N–H and O–H groups in total. The lowest BCUT2D eigenvalue weighted by molar-refractivity contribution is -0.378.